The minimum absolute atomic E-state index is 0.184. The van der Waals surface area contributed by atoms with Crippen molar-refractivity contribution in [3.8, 4) is 5.75 Å². The van der Waals surface area contributed by atoms with Crippen molar-refractivity contribution in [2.45, 2.75) is 19.8 Å². The standard InChI is InChI=1S/C19H23ClN4O2/c1-15-13-18(22-14-21-15)23-8-10-24(11-9-23)19(25)3-2-12-26-17-6-4-16(20)5-7-17/h4-7,13-14H,2-3,8-12H2,1H3. The third-order valence-electron chi connectivity index (χ3n) is 4.36. The minimum Gasteiger partial charge on any atom is -0.494 e. The van der Waals surface area contributed by atoms with Crippen LogP contribution in [0.25, 0.3) is 0 Å². The molecule has 138 valence electrons. The normalized spacial score (nSPS) is 14.4. The first-order valence-corrected chi connectivity index (χ1v) is 9.19. The van der Waals surface area contributed by atoms with Crippen LogP contribution in [0.15, 0.2) is 36.7 Å². The fraction of sp³-hybridized carbons (Fsp3) is 0.421. The molecule has 1 fully saturated rings. The number of hydrogen-bond acceptors (Lipinski definition) is 5. The number of amides is 1. The molecular weight excluding hydrogens is 352 g/mol. The summed E-state index contributed by atoms with van der Waals surface area (Å²) in [5.74, 6) is 1.89. The van der Waals surface area contributed by atoms with Crippen LogP contribution >= 0.6 is 11.6 Å². The number of aryl methyl sites for hydroxylation is 1. The highest BCUT2D eigenvalue weighted by Gasteiger charge is 2.21. The van der Waals surface area contributed by atoms with E-state index < -0.39 is 0 Å². The van der Waals surface area contributed by atoms with E-state index in [1.54, 1.807) is 18.5 Å². The molecule has 1 saturated heterocycles. The van der Waals surface area contributed by atoms with Gasteiger partial charge in [0.25, 0.3) is 0 Å². The second kappa shape index (κ2) is 8.85. The number of hydrogen-bond donors (Lipinski definition) is 0. The zero-order chi connectivity index (χ0) is 18.4. The van der Waals surface area contributed by atoms with E-state index in [2.05, 4.69) is 14.9 Å². The van der Waals surface area contributed by atoms with E-state index in [0.29, 0.717) is 24.5 Å². The first-order chi connectivity index (χ1) is 12.6. The Morgan fingerprint density at radius 1 is 1.15 bits per heavy atom. The van der Waals surface area contributed by atoms with E-state index in [4.69, 9.17) is 16.3 Å². The van der Waals surface area contributed by atoms with Gasteiger partial charge in [0.15, 0.2) is 0 Å². The van der Waals surface area contributed by atoms with Gasteiger partial charge in [0.05, 0.1) is 6.61 Å². The molecule has 0 unspecified atom stereocenters. The van der Waals surface area contributed by atoms with Crippen molar-refractivity contribution in [2.24, 2.45) is 0 Å². The van der Waals surface area contributed by atoms with E-state index in [-0.39, 0.29) is 5.91 Å². The van der Waals surface area contributed by atoms with Gasteiger partial charge in [-0.05, 0) is 37.6 Å². The number of piperazine rings is 1. The highest BCUT2D eigenvalue weighted by atomic mass is 35.5. The van der Waals surface area contributed by atoms with Crippen molar-refractivity contribution < 1.29 is 9.53 Å². The Bertz CT molecular complexity index is 731. The molecule has 26 heavy (non-hydrogen) atoms. The molecule has 1 aromatic heterocycles. The van der Waals surface area contributed by atoms with Crippen LogP contribution < -0.4 is 9.64 Å². The van der Waals surface area contributed by atoms with Crippen molar-refractivity contribution in [1.29, 1.82) is 0 Å². The van der Waals surface area contributed by atoms with Gasteiger partial charge in [0, 0.05) is 49.4 Å². The molecule has 1 amide bonds. The summed E-state index contributed by atoms with van der Waals surface area (Å²) in [6.07, 6.45) is 2.79. The van der Waals surface area contributed by atoms with Gasteiger partial charge in [-0.1, -0.05) is 11.6 Å². The largest absolute Gasteiger partial charge is 0.494 e. The summed E-state index contributed by atoms with van der Waals surface area (Å²) in [5, 5.41) is 0.684. The number of rotatable bonds is 6. The van der Waals surface area contributed by atoms with E-state index in [1.165, 1.54) is 0 Å². The van der Waals surface area contributed by atoms with Crippen molar-refractivity contribution in [3.63, 3.8) is 0 Å². The molecule has 7 heteroatoms. The average Bonchev–Trinajstić information content (AvgIpc) is 2.66. The Labute approximate surface area is 158 Å². The number of carbonyl (C=O) groups excluding carboxylic acids is 1. The van der Waals surface area contributed by atoms with E-state index in [9.17, 15) is 4.79 Å². The smallest absolute Gasteiger partial charge is 0.222 e. The van der Waals surface area contributed by atoms with Crippen molar-refractivity contribution in [1.82, 2.24) is 14.9 Å². The molecule has 0 spiro atoms. The van der Waals surface area contributed by atoms with Crippen LogP contribution in [-0.4, -0.2) is 53.6 Å². The third-order valence-corrected chi connectivity index (χ3v) is 4.62. The summed E-state index contributed by atoms with van der Waals surface area (Å²) < 4.78 is 5.63. The predicted molar refractivity (Wildman–Crippen MR) is 102 cm³/mol. The molecule has 1 aromatic carbocycles. The van der Waals surface area contributed by atoms with Gasteiger partial charge in [0.2, 0.25) is 5.91 Å². The molecule has 3 rings (SSSR count). The van der Waals surface area contributed by atoms with Crippen LogP contribution in [0.5, 0.6) is 5.75 Å². The fourth-order valence-electron chi connectivity index (χ4n) is 2.90. The summed E-state index contributed by atoms with van der Waals surface area (Å²) in [5.41, 5.74) is 0.953. The Morgan fingerprint density at radius 3 is 2.58 bits per heavy atom. The molecule has 0 saturated carbocycles. The second-order valence-electron chi connectivity index (χ2n) is 6.29. The van der Waals surface area contributed by atoms with Gasteiger partial charge in [-0.2, -0.15) is 0 Å². The summed E-state index contributed by atoms with van der Waals surface area (Å²) >= 11 is 5.84. The van der Waals surface area contributed by atoms with Gasteiger partial charge in [0.1, 0.15) is 17.9 Å². The number of anilines is 1. The average molecular weight is 375 g/mol. The maximum atomic E-state index is 12.4. The number of benzene rings is 1. The van der Waals surface area contributed by atoms with Crippen molar-refractivity contribution in [2.75, 3.05) is 37.7 Å². The molecule has 2 aromatic rings. The third kappa shape index (κ3) is 5.08. The van der Waals surface area contributed by atoms with E-state index in [0.717, 1.165) is 43.4 Å². The van der Waals surface area contributed by atoms with Gasteiger partial charge < -0.3 is 14.5 Å². The highest BCUT2D eigenvalue weighted by molar-refractivity contribution is 6.30. The molecule has 6 nitrogen and oxygen atoms in total. The molecule has 0 bridgehead atoms. The summed E-state index contributed by atoms with van der Waals surface area (Å²) in [6, 6.07) is 9.23. The van der Waals surface area contributed by atoms with Crippen LogP contribution in [-0.2, 0) is 4.79 Å². The number of carbonyl (C=O) groups is 1. The van der Waals surface area contributed by atoms with Crippen LogP contribution in [0.4, 0.5) is 5.82 Å². The van der Waals surface area contributed by atoms with Gasteiger partial charge in [-0.15, -0.1) is 0 Å². The lowest BCUT2D eigenvalue weighted by Crippen LogP contribution is -2.49. The van der Waals surface area contributed by atoms with Crippen LogP contribution in [0.2, 0.25) is 5.02 Å². The van der Waals surface area contributed by atoms with Crippen molar-refractivity contribution >= 4 is 23.3 Å². The van der Waals surface area contributed by atoms with Crippen LogP contribution in [0.3, 0.4) is 0 Å². The number of nitrogens with zero attached hydrogens (tertiary/aromatic N) is 4. The first kappa shape index (κ1) is 18.5. The lowest BCUT2D eigenvalue weighted by atomic mass is 10.2. The number of halogens is 1. The van der Waals surface area contributed by atoms with Gasteiger partial charge in [-0.25, -0.2) is 9.97 Å². The number of ether oxygens (including phenoxy) is 1. The minimum atomic E-state index is 0.184. The first-order valence-electron chi connectivity index (χ1n) is 8.81. The van der Waals surface area contributed by atoms with Crippen molar-refractivity contribution in [3.05, 3.63) is 47.4 Å². The summed E-state index contributed by atoms with van der Waals surface area (Å²) in [4.78, 5) is 24.9. The van der Waals surface area contributed by atoms with E-state index in [1.807, 2.05) is 30.0 Å². The molecule has 0 N–H and O–H groups in total. The lowest BCUT2D eigenvalue weighted by Gasteiger charge is -2.35. The molecular formula is C19H23ClN4O2. The van der Waals surface area contributed by atoms with Crippen LogP contribution in [0.1, 0.15) is 18.5 Å². The molecule has 0 radical (unpaired) electrons. The highest BCUT2D eigenvalue weighted by Crippen LogP contribution is 2.16. The van der Waals surface area contributed by atoms with Gasteiger partial charge in [-0.3, -0.25) is 4.79 Å². The Balaban J connectivity index is 1.37. The Morgan fingerprint density at radius 2 is 1.88 bits per heavy atom. The van der Waals surface area contributed by atoms with Crippen LogP contribution in [0, 0.1) is 6.92 Å². The molecule has 1 aliphatic heterocycles. The van der Waals surface area contributed by atoms with Gasteiger partial charge >= 0.3 is 0 Å². The Hall–Kier alpha value is -2.34. The quantitative estimate of drug-likeness (QED) is 0.727. The van der Waals surface area contributed by atoms with E-state index >= 15 is 0 Å². The predicted octanol–water partition coefficient (Wildman–Crippen LogP) is 2.95. The zero-order valence-corrected chi connectivity index (χ0v) is 15.7. The molecule has 0 atom stereocenters. The lowest BCUT2D eigenvalue weighted by molar-refractivity contribution is -0.131. The maximum absolute atomic E-state index is 12.4. The second-order valence-corrected chi connectivity index (χ2v) is 6.73. The monoisotopic (exact) mass is 374 g/mol. The maximum Gasteiger partial charge on any atom is 0.222 e. The topological polar surface area (TPSA) is 58.6 Å². The fourth-order valence-corrected chi connectivity index (χ4v) is 3.03. The molecule has 1 aliphatic rings. The molecule has 2 heterocycles. The SMILES string of the molecule is Cc1cc(N2CCN(C(=O)CCCOc3ccc(Cl)cc3)CC2)ncn1. The number of aromatic nitrogens is 2. The zero-order valence-electron chi connectivity index (χ0n) is 14.9. The summed E-state index contributed by atoms with van der Waals surface area (Å²) in [7, 11) is 0. The summed E-state index contributed by atoms with van der Waals surface area (Å²) in [6.45, 7) is 5.51. The molecule has 0 aliphatic carbocycles. The Kier molecular flexibility index (Phi) is 6.28.